The molecule has 0 atom stereocenters. The second kappa shape index (κ2) is 5.56. The molecule has 4 heteroatoms. The Morgan fingerprint density at radius 3 is 2.62 bits per heavy atom. The molecule has 2 aromatic heterocycles. The minimum atomic E-state index is 0.565. The van der Waals surface area contributed by atoms with E-state index in [2.05, 4.69) is 60.4 Å². The van der Waals surface area contributed by atoms with Gasteiger partial charge in [-0.2, -0.15) is 4.98 Å². The number of nitrogens with one attached hydrogen (secondary N) is 1. The van der Waals surface area contributed by atoms with E-state index in [1.54, 1.807) is 4.52 Å². The van der Waals surface area contributed by atoms with Gasteiger partial charge in [0.2, 0.25) is 5.95 Å². The van der Waals surface area contributed by atoms with Gasteiger partial charge in [0.25, 0.3) is 0 Å². The minimum Gasteiger partial charge on any atom is -0.349 e. The van der Waals surface area contributed by atoms with Crippen molar-refractivity contribution in [3.8, 4) is 0 Å². The van der Waals surface area contributed by atoms with Gasteiger partial charge in [-0.15, -0.1) is 5.10 Å². The second-order valence-electron chi connectivity index (χ2n) is 5.69. The van der Waals surface area contributed by atoms with E-state index >= 15 is 0 Å². The molecule has 3 aromatic rings. The van der Waals surface area contributed by atoms with Crippen LogP contribution in [0.2, 0.25) is 0 Å². The van der Waals surface area contributed by atoms with Crippen molar-refractivity contribution in [3.05, 3.63) is 59.3 Å². The highest BCUT2D eigenvalue weighted by molar-refractivity contribution is 5.45. The summed E-state index contributed by atoms with van der Waals surface area (Å²) < 4.78 is 1.79. The maximum atomic E-state index is 4.48. The molecule has 1 N–H and O–H groups in total. The molecule has 0 bridgehead atoms. The molecule has 0 saturated heterocycles. The molecule has 2 heterocycles. The Balaban J connectivity index is 1.71. The summed E-state index contributed by atoms with van der Waals surface area (Å²) in [4.78, 5) is 4.48. The molecule has 0 aliphatic heterocycles. The van der Waals surface area contributed by atoms with Gasteiger partial charge in [-0.1, -0.05) is 38.1 Å². The van der Waals surface area contributed by atoms with E-state index in [0.717, 1.165) is 12.2 Å². The lowest BCUT2D eigenvalue weighted by Gasteiger charge is -2.07. The molecule has 0 amide bonds. The molecule has 3 rings (SSSR count). The third-order valence-corrected chi connectivity index (χ3v) is 3.59. The van der Waals surface area contributed by atoms with Gasteiger partial charge in [0.15, 0.2) is 5.65 Å². The zero-order chi connectivity index (χ0) is 14.8. The van der Waals surface area contributed by atoms with Gasteiger partial charge in [0.05, 0.1) is 0 Å². The van der Waals surface area contributed by atoms with Gasteiger partial charge < -0.3 is 5.32 Å². The lowest BCUT2D eigenvalue weighted by Crippen LogP contribution is -2.01. The first-order valence-electron chi connectivity index (χ1n) is 7.27. The van der Waals surface area contributed by atoms with Crippen LogP contribution in [-0.4, -0.2) is 14.6 Å². The highest BCUT2D eigenvalue weighted by atomic mass is 15.3. The molecule has 21 heavy (non-hydrogen) atoms. The summed E-state index contributed by atoms with van der Waals surface area (Å²) in [6.45, 7) is 7.19. The Morgan fingerprint density at radius 2 is 1.90 bits per heavy atom. The van der Waals surface area contributed by atoms with Gasteiger partial charge in [-0.3, -0.25) is 0 Å². The smallest absolute Gasteiger partial charge is 0.243 e. The molecule has 4 nitrogen and oxygen atoms in total. The first-order valence-corrected chi connectivity index (χ1v) is 7.27. The Hall–Kier alpha value is -2.36. The maximum absolute atomic E-state index is 4.48. The standard InChI is InChI=1S/C17H20N4/c1-12(2)15-6-4-14(5-7-15)11-18-17-19-16-10-13(3)8-9-21(16)20-17/h4-10,12H,11H2,1-3H3,(H,18,20). The number of nitrogens with zero attached hydrogens (tertiary/aromatic N) is 3. The fourth-order valence-electron chi connectivity index (χ4n) is 2.26. The Kier molecular flexibility index (Phi) is 3.60. The minimum absolute atomic E-state index is 0.565. The summed E-state index contributed by atoms with van der Waals surface area (Å²) in [5.74, 6) is 1.23. The number of pyridine rings is 1. The van der Waals surface area contributed by atoms with Crippen molar-refractivity contribution >= 4 is 11.6 Å². The molecule has 0 fully saturated rings. The van der Waals surface area contributed by atoms with Crippen LogP contribution < -0.4 is 5.32 Å². The molecular formula is C17H20N4. The number of rotatable bonds is 4. The molecule has 0 unspecified atom stereocenters. The van der Waals surface area contributed by atoms with Crippen LogP contribution in [0.1, 0.15) is 36.5 Å². The van der Waals surface area contributed by atoms with Crippen molar-refractivity contribution in [1.82, 2.24) is 14.6 Å². The van der Waals surface area contributed by atoms with Crippen molar-refractivity contribution in [2.75, 3.05) is 5.32 Å². The number of benzene rings is 1. The topological polar surface area (TPSA) is 42.2 Å². The molecule has 0 saturated carbocycles. The van der Waals surface area contributed by atoms with E-state index in [9.17, 15) is 0 Å². The summed E-state index contributed by atoms with van der Waals surface area (Å²) in [7, 11) is 0. The number of hydrogen-bond acceptors (Lipinski definition) is 3. The SMILES string of the molecule is Cc1ccn2nc(NCc3ccc(C(C)C)cc3)nc2c1. The van der Waals surface area contributed by atoms with Crippen molar-refractivity contribution in [2.45, 2.75) is 33.2 Å². The van der Waals surface area contributed by atoms with E-state index in [1.807, 2.05) is 18.3 Å². The van der Waals surface area contributed by atoms with Crippen LogP contribution in [0.15, 0.2) is 42.6 Å². The summed E-state index contributed by atoms with van der Waals surface area (Å²) in [6, 6.07) is 12.7. The summed E-state index contributed by atoms with van der Waals surface area (Å²) >= 11 is 0. The van der Waals surface area contributed by atoms with E-state index in [0.29, 0.717) is 11.9 Å². The third-order valence-electron chi connectivity index (χ3n) is 3.59. The van der Waals surface area contributed by atoms with Gasteiger partial charge in [0.1, 0.15) is 0 Å². The highest BCUT2D eigenvalue weighted by Crippen LogP contribution is 2.15. The molecule has 108 valence electrons. The van der Waals surface area contributed by atoms with E-state index in [1.165, 1.54) is 16.7 Å². The van der Waals surface area contributed by atoms with Gasteiger partial charge in [0, 0.05) is 12.7 Å². The average molecular weight is 280 g/mol. The molecule has 0 aliphatic rings. The molecular weight excluding hydrogens is 260 g/mol. The van der Waals surface area contributed by atoms with Crippen LogP contribution in [0.25, 0.3) is 5.65 Å². The van der Waals surface area contributed by atoms with E-state index in [4.69, 9.17) is 0 Å². The van der Waals surface area contributed by atoms with E-state index in [-0.39, 0.29) is 0 Å². The fraction of sp³-hybridized carbons (Fsp3) is 0.294. The van der Waals surface area contributed by atoms with Crippen LogP contribution >= 0.6 is 0 Å². The number of aryl methyl sites for hydroxylation is 1. The molecule has 0 aliphatic carbocycles. The monoisotopic (exact) mass is 280 g/mol. The molecule has 0 spiro atoms. The molecule has 1 aromatic carbocycles. The van der Waals surface area contributed by atoms with Gasteiger partial charge >= 0.3 is 0 Å². The number of anilines is 1. The Bertz CT molecular complexity index is 741. The van der Waals surface area contributed by atoms with Crippen molar-refractivity contribution in [3.63, 3.8) is 0 Å². The third kappa shape index (κ3) is 3.05. The number of fused-ring (bicyclic) bond motifs is 1. The first-order chi connectivity index (χ1) is 10.1. The first kappa shape index (κ1) is 13.6. The predicted octanol–water partition coefficient (Wildman–Crippen LogP) is 3.77. The normalized spacial score (nSPS) is 11.2. The van der Waals surface area contributed by atoms with E-state index < -0.39 is 0 Å². The summed E-state index contributed by atoms with van der Waals surface area (Å²) in [6.07, 6.45) is 1.93. The van der Waals surface area contributed by atoms with Gasteiger partial charge in [-0.25, -0.2) is 4.52 Å². The van der Waals surface area contributed by atoms with Crippen LogP contribution in [0.4, 0.5) is 5.95 Å². The number of aromatic nitrogens is 3. The van der Waals surface area contributed by atoms with Gasteiger partial charge in [-0.05, 0) is 41.7 Å². The second-order valence-corrected chi connectivity index (χ2v) is 5.69. The summed E-state index contributed by atoms with van der Waals surface area (Å²) in [5.41, 5.74) is 4.65. The quantitative estimate of drug-likeness (QED) is 0.791. The van der Waals surface area contributed by atoms with Crippen LogP contribution in [-0.2, 0) is 6.54 Å². The van der Waals surface area contributed by atoms with Crippen molar-refractivity contribution in [2.24, 2.45) is 0 Å². The average Bonchev–Trinajstić information content (AvgIpc) is 2.87. The summed E-state index contributed by atoms with van der Waals surface area (Å²) in [5, 5.41) is 7.68. The highest BCUT2D eigenvalue weighted by Gasteiger charge is 2.04. The zero-order valence-electron chi connectivity index (χ0n) is 12.7. The van der Waals surface area contributed by atoms with Crippen LogP contribution in [0, 0.1) is 6.92 Å². The largest absolute Gasteiger partial charge is 0.349 e. The van der Waals surface area contributed by atoms with Crippen molar-refractivity contribution in [1.29, 1.82) is 0 Å². The zero-order valence-corrected chi connectivity index (χ0v) is 12.7. The lowest BCUT2D eigenvalue weighted by atomic mass is 10.0. The lowest BCUT2D eigenvalue weighted by molar-refractivity contribution is 0.865. The fourth-order valence-corrected chi connectivity index (χ4v) is 2.26. The number of hydrogen-bond donors (Lipinski definition) is 1. The Labute approximate surface area is 124 Å². The van der Waals surface area contributed by atoms with Crippen LogP contribution in [0.5, 0.6) is 0 Å². The molecule has 0 radical (unpaired) electrons. The van der Waals surface area contributed by atoms with Crippen LogP contribution in [0.3, 0.4) is 0 Å². The predicted molar refractivity (Wildman–Crippen MR) is 85.6 cm³/mol. The maximum Gasteiger partial charge on any atom is 0.243 e. The Morgan fingerprint density at radius 1 is 1.14 bits per heavy atom. The van der Waals surface area contributed by atoms with Crippen molar-refractivity contribution < 1.29 is 0 Å².